The van der Waals surface area contributed by atoms with Gasteiger partial charge in [0, 0.05) is 0 Å². The second-order valence-electron chi connectivity index (χ2n) is 13.7. The molecule has 17 nitrogen and oxygen atoms in total. The van der Waals surface area contributed by atoms with Crippen LogP contribution < -0.4 is 0 Å². The van der Waals surface area contributed by atoms with E-state index in [1.54, 1.807) is 7.11 Å². The number of hydrogen-bond donors (Lipinski definition) is 0. The molecular weight excluding hydrogens is 695 g/mol. The normalized spacial score (nSPS) is 15.6. The maximum absolute atomic E-state index is 7.20. The summed E-state index contributed by atoms with van der Waals surface area (Å²) in [6.45, 7) is 0. The van der Waals surface area contributed by atoms with Gasteiger partial charge in [-0.15, -0.1) is 0 Å². The average molecular weight is 771 g/mol. The molecule has 0 aromatic heterocycles. The Morgan fingerprint density at radius 1 is 0.277 bits per heavy atom. The molecule has 0 unspecified atom stereocenters. The first-order chi connectivity index (χ1) is 21.0. The van der Waals surface area contributed by atoms with Crippen LogP contribution in [0.25, 0.3) is 0 Å². The molecule has 0 saturated heterocycles. The fraction of sp³-hybridized carbons (Fsp3) is 1.00. The summed E-state index contributed by atoms with van der Waals surface area (Å²) in [6, 6.07) is 0. The standard InChI is InChI=1S/C25H75N16OP5/c1-30(2)43(31(3)4,32(5)6)26-47(42-25,27-44(33(7)8,34(9)10)35(11)12,28-45(36(13)14,37(15)16)38(17)18)29-46(39(19)20,40(21)22)41(23)24/h1-25H3. The Morgan fingerprint density at radius 3 is 0.447 bits per heavy atom. The molecule has 0 aliphatic heterocycles. The van der Waals surface area contributed by atoms with Crippen LogP contribution in [0.3, 0.4) is 0 Å². The molecule has 0 fully saturated rings. The Labute approximate surface area is 291 Å². The van der Waals surface area contributed by atoms with Gasteiger partial charge in [0.2, 0.25) is 0 Å². The van der Waals surface area contributed by atoms with Gasteiger partial charge in [0.15, 0.2) is 0 Å². The molecule has 0 N–H and O–H groups in total. The van der Waals surface area contributed by atoms with E-state index in [0.29, 0.717) is 0 Å². The Balaban J connectivity index is 10.9. The molecule has 0 aromatic carbocycles. The fourth-order valence-corrected chi connectivity index (χ4v) is 33.3. The molecule has 0 amide bonds. The maximum atomic E-state index is 7.20. The molecule has 47 heavy (non-hydrogen) atoms. The summed E-state index contributed by atoms with van der Waals surface area (Å²) < 4.78 is 58.0. The van der Waals surface area contributed by atoms with Crippen LogP contribution in [0.15, 0.2) is 18.1 Å². The second-order valence-corrected chi connectivity index (χ2v) is 32.6. The van der Waals surface area contributed by atoms with Gasteiger partial charge >= 0.3 is 292 Å². The number of nitrogens with zero attached hydrogens (tertiary/aromatic N) is 16. The Hall–Kier alpha value is 0.830. The van der Waals surface area contributed by atoms with Crippen molar-refractivity contribution in [3.05, 3.63) is 0 Å². The molecule has 0 aliphatic rings. The van der Waals surface area contributed by atoms with Gasteiger partial charge in [-0.1, -0.05) is 0 Å². The van der Waals surface area contributed by atoms with E-state index in [9.17, 15) is 0 Å². The second kappa shape index (κ2) is 17.1. The third-order valence-electron chi connectivity index (χ3n) is 7.87. The molecule has 0 heterocycles. The molecule has 0 aromatic rings. The molecule has 0 atom stereocenters. The van der Waals surface area contributed by atoms with Crippen molar-refractivity contribution in [3.8, 4) is 0 Å². The molecule has 0 radical (unpaired) electrons. The SMILES string of the molecule is COP(N=P(N(C)C)(N(C)C)N(C)C)(N=P(N(C)C)(N(C)C)N(C)C)(N=P(N(C)C)(N(C)C)N(C)C)N=P(N(C)C)(N(C)C)N(C)C. The van der Waals surface area contributed by atoms with E-state index in [1.807, 2.05) is 0 Å². The fourth-order valence-electron chi connectivity index (χ4n) is 6.35. The Kier molecular flexibility index (Phi) is 17.4. The van der Waals surface area contributed by atoms with Crippen molar-refractivity contribution in [3.63, 3.8) is 0 Å². The van der Waals surface area contributed by atoms with E-state index in [4.69, 9.17) is 22.6 Å². The summed E-state index contributed by atoms with van der Waals surface area (Å²) in [6.07, 6.45) is 0. The summed E-state index contributed by atoms with van der Waals surface area (Å²) in [5.74, 6) is 0. The molecule has 0 saturated carbocycles. The zero-order chi connectivity index (χ0) is 37.9. The van der Waals surface area contributed by atoms with E-state index in [2.05, 4.69) is 225 Å². The van der Waals surface area contributed by atoms with Gasteiger partial charge < -0.3 is 0 Å². The van der Waals surface area contributed by atoms with Crippen LogP contribution in [-0.4, -0.2) is 232 Å². The molecular formula is C25H75N16OP5. The molecule has 286 valence electrons. The van der Waals surface area contributed by atoms with Gasteiger partial charge in [-0.3, -0.25) is 0 Å². The first-order valence-corrected chi connectivity index (χ1v) is 23.7. The minimum atomic E-state index is -4.97. The first kappa shape index (κ1) is 47.8. The Bertz CT molecular complexity index is 956. The summed E-state index contributed by atoms with van der Waals surface area (Å²) >= 11 is 0. The molecule has 0 bridgehead atoms. The molecule has 0 aliphatic carbocycles. The summed E-state index contributed by atoms with van der Waals surface area (Å²) in [4.78, 5) is 0. The average Bonchev–Trinajstić information content (AvgIpc) is 2.90. The summed E-state index contributed by atoms with van der Waals surface area (Å²) in [5.41, 5.74) is 0. The van der Waals surface area contributed by atoms with E-state index in [1.165, 1.54) is 0 Å². The zero-order valence-electron chi connectivity index (χ0n) is 34.8. The quantitative estimate of drug-likeness (QED) is 0.180. The van der Waals surface area contributed by atoms with Gasteiger partial charge in [0.05, 0.1) is 0 Å². The van der Waals surface area contributed by atoms with Crippen LogP contribution in [0, 0.1) is 0 Å². The van der Waals surface area contributed by atoms with Crippen molar-refractivity contribution < 1.29 is 4.52 Å². The van der Waals surface area contributed by atoms with Crippen LogP contribution in [0.4, 0.5) is 0 Å². The number of hydrogen-bond acceptors (Lipinski definition) is 5. The van der Waals surface area contributed by atoms with Crippen molar-refractivity contribution in [2.24, 2.45) is 18.1 Å². The van der Waals surface area contributed by atoms with Crippen LogP contribution in [0.2, 0.25) is 0 Å². The van der Waals surface area contributed by atoms with E-state index in [-0.39, 0.29) is 0 Å². The third-order valence-corrected chi connectivity index (χ3v) is 30.3. The zero-order valence-corrected chi connectivity index (χ0v) is 39.3. The number of rotatable bonds is 17. The van der Waals surface area contributed by atoms with Crippen molar-refractivity contribution >= 4 is 37.5 Å². The molecule has 22 heteroatoms. The van der Waals surface area contributed by atoms with Gasteiger partial charge in [-0.2, -0.15) is 0 Å². The van der Waals surface area contributed by atoms with Crippen molar-refractivity contribution in [1.82, 2.24) is 56.0 Å². The first-order valence-electron chi connectivity index (χ1n) is 15.3. The summed E-state index contributed by atoms with van der Waals surface area (Å²) in [5, 5.41) is 0. The van der Waals surface area contributed by atoms with Crippen molar-refractivity contribution in [2.75, 3.05) is 176 Å². The van der Waals surface area contributed by atoms with Crippen LogP contribution in [0.5, 0.6) is 0 Å². The monoisotopic (exact) mass is 770 g/mol. The molecule has 0 spiro atoms. The van der Waals surface area contributed by atoms with E-state index < -0.39 is 37.5 Å². The van der Waals surface area contributed by atoms with E-state index in [0.717, 1.165) is 0 Å². The predicted octanol–water partition coefficient (Wildman–Crippen LogP) is 5.29. The summed E-state index contributed by atoms with van der Waals surface area (Å²) in [7, 11) is 35.4. The Morgan fingerprint density at radius 2 is 0.383 bits per heavy atom. The minimum absolute atomic E-state index is 1.72. The predicted molar refractivity (Wildman–Crippen MR) is 216 cm³/mol. The van der Waals surface area contributed by atoms with E-state index >= 15 is 0 Å². The topological polar surface area (TPSA) is 97.5 Å². The van der Waals surface area contributed by atoms with Crippen LogP contribution in [0.1, 0.15) is 0 Å². The van der Waals surface area contributed by atoms with Crippen LogP contribution in [-0.2, 0) is 4.52 Å². The van der Waals surface area contributed by atoms with Crippen molar-refractivity contribution in [2.45, 2.75) is 0 Å². The van der Waals surface area contributed by atoms with Crippen molar-refractivity contribution in [1.29, 1.82) is 0 Å². The third kappa shape index (κ3) is 8.56. The van der Waals surface area contributed by atoms with Crippen LogP contribution >= 0.6 is 37.5 Å². The molecule has 0 rings (SSSR count). The van der Waals surface area contributed by atoms with Gasteiger partial charge in [-0.25, -0.2) is 0 Å². The van der Waals surface area contributed by atoms with Gasteiger partial charge in [0.25, 0.3) is 0 Å². The van der Waals surface area contributed by atoms with Gasteiger partial charge in [0.1, 0.15) is 0 Å². The van der Waals surface area contributed by atoms with Gasteiger partial charge in [-0.05, 0) is 0 Å².